The zero-order valence-corrected chi connectivity index (χ0v) is 17.3. The van der Waals surface area contributed by atoms with E-state index in [1.54, 1.807) is 12.1 Å². The van der Waals surface area contributed by atoms with Crippen molar-refractivity contribution in [2.45, 2.75) is 40.0 Å². The monoisotopic (exact) mass is 388 g/mol. The molecule has 1 N–H and O–H groups in total. The largest absolute Gasteiger partial charge is 0.493 e. The van der Waals surface area contributed by atoms with Crippen molar-refractivity contribution < 1.29 is 23.5 Å². The standard InChI is InChI=1S/C21H28N2O5/c1-21(2,3)12-7-8-15-14(9-12)18(23-28-15)20(24)22-13-10-16(25-4)19(27-6)17(11-13)26-5/h10-12H,7-9H2,1-6H3,(H,22,24)/t12-/m0/s1. The van der Waals surface area contributed by atoms with Gasteiger partial charge in [-0.25, -0.2) is 0 Å². The minimum absolute atomic E-state index is 0.166. The van der Waals surface area contributed by atoms with Gasteiger partial charge in [0.2, 0.25) is 5.75 Å². The average molecular weight is 388 g/mol. The van der Waals surface area contributed by atoms with Gasteiger partial charge in [-0.1, -0.05) is 25.9 Å². The Balaban J connectivity index is 1.87. The molecule has 0 aliphatic heterocycles. The highest BCUT2D eigenvalue weighted by Crippen LogP contribution is 2.41. The highest BCUT2D eigenvalue weighted by atomic mass is 16.5. The van der Waals surface area contributed by atoms with E-state index in [0.717, 1.165) is 30.6 Å². The second-order valence-corrected chi connectivity index (χ2v) is 8.11. The van der Waals surface area contributed by atoms with Crippen LogP contribution in [0.2, 0.25) is 0 Å². The number of hydrogen-bond acceptors (Lipinski definition) is 6. The van der Waals surface area contributed by atoms with Crippen LogP contribution in [0, 0.1) is 11.3 Å². The molecule has 28 heavy (non-hydrogen) atoms. The van der Waals surface area contributed by atoms with Crippen molar-refractivity contribution in [3.05, 3.63) is 29.2 Å². The van der Waals surface area contributed by atoms with Crippen molar-refractivity contribution >= 4 is 11.6 Å². The zero-order valence-electron chi connectivity index (χ0n) is 17.3. The van der Waals surface area contributed by atoms with Crippen LogP contribution in [-0.2, 0) is 12.8 Å². The molecule has 0 bridgehead atoms. The SMILES string of the molecule is COc1cc(NC(=O)c2noc3c2C[C@@H](C(C)(C)C)CC3)cc(OC)c1OC. The molecule has 1 atom stereocenters. The van der Waals surface area contributed by atoms with Crippen molar-refractivity contribution in [1.82, 2.24) is 5.16 Å². The van der Waals surface area contributed by atoms with Crippen LogP contribution in [0.15, 0.2) is 16.7 Å². The first-order chi connectivity index (χ1) is 13.3. The normalized spacial score (nSPS) is 16.3. The van der Waals surface area contributed by atoms with E-state index in [4.69, 9.17) is 18.7 Å². The Morgan fingerprint density at radius 2 is 1.79 bits per heavy atom. The highest BCUT2D eigenvalue weighted by molar-refractivity contribution is 6.04. The van der Waals surface area contributed by atoms with E-state index < -0.39 is 0 Å². The van der Waals surface area contributed by atoms with Crippen LogP contribution in [0.1, 0.15) is 49.0 Å². The number of anilines is 1. The lowest BCUT2D eigenvalue weighted by Gasteiger charge is -2.33. The third-order valence-electron chi connectivity index (χ3n) is 5.40. The molecule has 0 fully saturated rings. The molecule has 0 spiro atoms. The Hall–Kier alpha value is -2.70. The fraction of sp³-hybridized carbons (Fsp3) is 0.524. The van der Waals surface area contributed by atoms with Gasteiger partial charge < -0.3 is 24.1 Å². The van der Waals surface area contributed by atoms with Gasteiger partial charge >= 0.3 is 0 Å². The molecule has 3 rings (SSSR count). The summed E-state index contributed by atoms with van der Waals surface area (Å²) in [7, 11) is 4.60. The first-order valence-corrected chi connectivity index (χ1v) is 9.37. The molecular weight excluding hydrogens is 360 g/mol. The van der Waals surface area contributed by atoms with Crippen LogP contribution < -0.4 is 19.5 Å². The summed E-state index contributed by atoms with van der Waals surface area (Å²) in [4.78, 5) is 12.9. The maximum absolute atomic E-state index is 12.9. The van der Waals surface area contributed by atoms with E-state index in [9.17, 15) is 4.79 Å². The fourth-order valence-corrected chi connectivity index (χ4v) is 3.67. The Labute approximate surface area is 165 Å². The van der Waals surface area contributed by atoms with Gasteiger partial charge in [-0.2, -0.15) is 0 Å². The van der Waals surface area contributed by atoms with E-state index in [1.807, 2.05) is 0 Å². The molecule has 152 valence electrons. The molecule has 1 aromatic carbocycles. The maximum Gasteiger partial charge on any atom is 0.278 e. The van der Waals surface area contributed by atoms with Crippen LogP contribution in [0.3, 0.4) is 0 Å². The Bertz CT molecular complexity index is 841. The summed E-state index contributed by atoms with van der Waals surface area (Å²) in [5, 5.41) is 6.93. The molecule has 0 unspecified atom stereocenters. The number of amides is 1. The molecule has 1 aliphatic carbocycles. The second kappa shape index (κ2) is 7.73. The lowest BCUT2D eigenvalue weighted by Crippen LogP contribution is -2.27. The van der Waals surface area contributed by atoms with Gasteiger partial charge in [0.1, 0.15) is 5.76 Å². The van der Waals surface area contributed by atoms with Gasteiger partial charge in [0.15, 0.2) is 17.2 Å². The molecule has 0 radical (unpaired) electrons. The smallest absolute Gasteiger partial charge is 0.278 e. The number of nitrogens with one attached hydrogen (secondary N) is 1. The lowest BCUT2D eigenvalue weighted by molar-refractivity contribution is 0.101. The van der Waals surface area contributed by atoms with Crippen molar-refractivity contribution in [2.75, 3.05) is 26.6 Å². The predicted molar refractivity (Wildman–Crippen MR) is 106 cm³/mol. The van der Waals surface area contributed by atoms with Crippen LogP contribution in [-0.4, -0.2) is 32.4 Å². The van der Waals surface area contributed by atoms with Gasteiger partial charge in [-0.05, 0) is 24.2 Å². The first kappa shape index (κ1) is 20.0. The van der Waals surface area contributed by atoms with Crippen LogP contribution in [0.4, 0.5) is 5.69 Å². The van der Waals surface area contributed by atoms with Gasteiger partial charge in [-0.3, -0.25) is 4.79 Å². The van der Waals surface area contributed by atoms with Crippen molar-refractivity contribution in [2.24, 2.45) is 11.3 Å². The molecular formula is C21H28N2O5. The quantitative estimate of drug-likeness (QED) is 0.830. The number of aryl methyl sites for hydroxylation is 1. The number of hydrogen-bond donors (Lipinski definition) is 1. The summed E-state index contributed by atoms with van der Waals surface area (Å²) in [5.41, 5.74) is 1.95. The van der Waals surface area contributed by atoms with Gasteiger partial charge in [0.25, 0.3) is 5.91 Å². The maximum atomic E-state index is 12.9. The number of fused-ring (bicyclic) bond motifs is 1. The third kappa shape index (κ3) is 3.79. The third-order valence-corrected chi connectivity index (χ3v) is 5.40. The van der Waals surface area contributed by atoms with Gasteiger partial charge in [0, 0.05) is 29.8 Å². The second-order valence-electron chi connectivity index (χ2n) is 8.11. The summed E-state index contributed by atoms with van der Waals surface area (Å²) in [5.74, 6) is 2.38. The Kier molecular flexibility index (Phi) is 5.54. The number of nitrogens with zero attached hydrogens (tertiary/aromatic N) is 1. The molecule has 1 aliphatic rings. The minimum atomic E-state index is -0.311. The molecule has 1 amide bonds. The molecule has 1 aromatic heterocycles. The summed E-state index contributed by atoms with van der Waals surface area (Å²) >= 11 is 0. The highest BCUT2D eigenvalue weighted by Gasteiger charge is 2.34. The summed E-state index contributed by atoms with van der Waals surface area (Å²) < 4.78 is 21.5. The molecule has 0 saturated carbocycles. The van der Waals surface area contributed by atoms with Gasteiger partial charge in [-0.15, -0.1) is 0 Å². The van der Waals surface area contributed by atoms with Crippen LogP contribution in [0.5, 0.6) is 17.2 Å². The van der Waals surface area contributed by atoms with Crippen molar-refractivity contribution in [3.8, 4) is 17.2 Å². The van der Waals surface area contributed by atoms with E-state index in [-0.39, 0.29) is 11.3 Å². The molecule has 1 heterocycles. The lowest BCUT2D eigenvalue weighted by atomic mass is 9.71. The van der Waals surface area contributed by atoms with Crippen molar-refractivity contribution in [3.63, 3.8) is 0 Å². The molecule has 2 aromatic rings. The number of aromatic nitrogens is 1. The zero-order chi connectivity index (χ0) is 20.5. The van der Waals surface area contributed by atoms with Crippen LogP contribution >= 0.6 is 0 Å². The fourth-order valence-electron chi connectivity index (χ4n) is 3.67. The van der Waals surface area contributed by atoms with E-state index in [2.05, 4.69) is 31.2 Å². The number of rotatable bonds is 5. The van der Waals surface area contributed by atoms with E-state index in [1.165, 1.54) is 21.3 Å². The van der Waals surface area contributed by atoms with Crippen LogP contribution in [0.25, 0.3) is 0 Å². The number of ether oxygens (including phenoxy) is 3. The minimum Gasteiger partial charge on any atom is -0.493 e. The molecule has 7 heteroatoms. The van der Waals surface area contributed by atoms with Crippen molar-refractivity contribution in [1.29, 1.82) is 0 Å². The summed E-state index contributed by atoms with van der Waals surface area (Å²) in [6.07, 6.45) is 2.64. The average Bonchev–Trinajstić information content (AvgIpc) is 3.09. The number of carbonyl (C=O) groups is 1. The Morgan fingerprint density at radius 1 is 1.14 bits per heavy atom. The molecule has 0 saturated heterocycles. The number of methoxy groups -OCH3 is 3. The van der Waals surface area contributed by atoms with Gasteiger partial charge in [0.05, 0.1) is 21.3 Å². The number of benzene rings is 1. The van der Waals surface area contributed by atoms with E-state index >= 15 is 0 Å². The molecule has 7 nitrogen and oxygen atoms in total. The summed E-state index contributed by atoms with van der Waals surface area (Å²) in [6, 6.07) is 3.37. The number of carbonyl (C=O) groups excluding carboxylic acids is 1. The predicted octanol–water partition coefficient (Wildman–Crippen LogP) is 4.10. The first-order valence-electron chi connectivity index (χ1n) is 9.37. The van der Waals surface area contributed by atoms with E-state index in [0.29, 0.717) is 34.5 Å². The Morgan fingerprint density at radius 3 is 2.32 bits per heavy atom. The topological polar surface area (TPSA) is 82.8 Å². The summed E-state index contributed by atoms with van der Waals surface area (Å²) in [6.45, 7) is 6.68.